The number of carbonyl (C=O) groups is 1. The van der Waals surface area contributed by atoms with Gasteiger partial charge in [0, 0.05) is 5.38 Å². The summed E-state index contributed by atoms with van der Waals surface area (Å²) < 4.78 is 0. The van der Waals surface area contributed by atoms with Crippen LogP contribution in [0.1, 0.15) is 13.8 Å². The molecule has 1 aromatic heterocycles. The maximum absolute atomic E-state index is 10.9. The van der Waals surface area contributed by atoms with E-state index in [0.717, 1.165) is 0 Å². The molecule has 3 N–H and O–H groups in total. The van der Waals surface area contributed by atoms with E-state index in [2.05, 4.69) is 10.3 Å². The second-order valence-corrected chi connectivity index (χ2v) is 4.33. The lowest BCUT2D eigenvalue weighted by molar-refractivity contribution is -0.121. The second kappa shape index (κ2) is 3.51. The largest absolute Gasteiger partial charge is 0.368 e. The van der Waals surface area contributed by atoms with E-state index in [1.165, 1.54) is 11.3 Å². The van der Waals surface area contributed by atoms with Gasteiger partial charge >= 0.3 is 0 Å². The summed E-state index contributed by atoms with van der Waals surface area (Å²) in [4.78, 5) is 14.9. The Kier molecular flexibility index (Phi) is 2.77. The topological polar surface area (TPSA) is 68.0 Å². The molecule has 4 nitrogen and oxygen atoms in total. The van der Waals surface area contributed by atoms with E-state index in [1.807, 2.05) is 0 Å². The quantitative estimate of drug-likeness (QED) is 0.809. The number of primary amides is 1. The van der Waals surface area contributed by atoms with Crippen molar-refractivity contribution in [3.8, 4) is 0 Å². The highest BCUT2D eigenvalue weighted by Gasteiger charge is 2.25. The number of nitrogens with zero attached hydrogens (tertiary/aromatic N) is 1. The van der Waals surface area contributed by atoms with Crippen molar-refractivity contribution in [1.29, 1.82) is 0 Å². The minimum absolute atomic E-state index is 0.410. The van der Waals surface area contributed by atoms with Crippen LogP contribution in [-0.4, -0.2) is 16.4 Å². The molecule has 0 spiro atoms. The van der Waals surface area contributed by atoms with Gasteiger partial charge in [0.15, 0.2) is 5.13 Å². The third kappa shape index (κ3) is 2.57. The maximum Gasteiger partial charge on any atom is 0.242 e. The van der Waals surface area contributed by atoms with Crippen LogP contribution >= 0.6 is 22.9 Å². The van der Waals surface area contributed by atoms with Crippen molar-refractivity contribution in [2.75, 3.05) is 5.32 Å². The molecule has 1 heterocycles. The summed E-state index contributed by atoms with van der Waals surface area (Å²) in [6.45, 7) is 3.37. The Morgan fingerprint density at radius 1 is 1.77 bits per heavy atom. The fourth-order valence-corrected chi connectivity index (χ4v) is 1.64. The molecule has 0 unspecified atom stereocenters. The van der Waals surface area contributed by atoms with Crippen molar-refractivity contribution in [3.05, 3.63) is 10.5 Å². The summed E-state index contributed by atoms with van der Waals surface area (Å²) in [7, 11) is 0. The molecule has 0 saturated heterocycles. The minimum Gasteiger partial charge on any atom is -0.368 e. The molecule has 0 fully saturated rings. The van der Waals surface area contributed by atoms with Crippen LogP contribution in [0.3, 0.4) is 0 Å². The number of anilines is 1. The first kappa shape index (κ1) is 10.3. The zero-order valence-electron chi connectivity index (χ0n) is 7.30. The first-order valence-corrected chi connectivity index (χ1v) is 4.87. The van der Waals surface area contributed by atoms with Crippen molar-refractivity contribution < 1.29 is 4.79 Å². The molecule has 0 aliphatic heterocycles. The Hall–Kier alpha value is -0.810. The average molecular weight is 220 g/mol. The summed E-state index contributed by atoms with van der Waals surface area (Å²) in [5.74, 6) is -0.432. The van der Waals surface area contributed by atoms with Crippen LogP contribution in [0.15, 0.2) is 5.38 Å². The third-order valence-electron chi connectivity index (χ3n) is 1.51. The minimum atomic E-state index is -0.804. The van der Waals surface area contributed by atoms with Crippen molar-refractivity contribution in [2.24, 2.45) is 5.73 Å². The van der Waals surface area contributed by atoms with Gasteiger partial charge in [-0.2, -0.15) is 0 Å². The van der Waals surface area contributed by atoms with E-state index in [4.69, 9.17) is 17.3 Å². The van der Waals surface area contributed by atoms with Crippen molar-refractivity contribution in [2.45, 2.75) is 19.4 Å². The van der Waals surface area contributed by atoms with Gasteiger partial charge in [0.1, 0.15) is 10.7 Å². The normalized spacial score (nSPS) is 11.3. The SMILES string of the molecule is CC(C)(Nc1nc(Cl)cs1)C(N)=O. The molecule has 0 aliphatic carbocycles. The molecule has 1 rings (SSSR count). The number of hydrogen-bond donors (Lipinski definition) is 2. The molecule has 72 valence electrons. The van der Waals surface area contributed by atoms with Crippen LogP contribution in [0.4, 0.5) is 5.13 Å². The number of nitrogens with two attached hydrogens (primary N) is 1. The number of carbonyl (C=O) groups excluding carboxylic acids is 1. The first-order valence-electron chi connectivity index (χ1n) is 3.61. The van der Waals surface area contributed by atoms with Gasteiger partial charge < -0.3 is 11.1 Å². The number of halogens is 1. The van der Waals surface area contributed by atoms with Gasteiger partial charge in [-0.25, -0.2) is 4.98 Å². The molecule has 1 aromatic rings. The third-order valence-corrected chi connectivity index (χ3v) is 2.59. The molecule has 0 aromatic carbocycles. The van der Waals surface area contributed by atoms with Gasteiger partial charge in [-0.05, 0) is 13.8 Å². The highest BCUT2D eigenvalue weighted by Crippen LogP contribution is 2.22. The van der Waals surface area contributed by atoms with Crippen LogP contribution in [0, 0.1) is 0 Å². The van der Waals surface area contributed by atoms with E-state index in [1.54, 1.807) is 19.2 Å². The second-order valence-electron chi connectivity index (χ2n) is 3.09. The summed E-state index contributed by atoms with van der Waals surface area (Å²) in [5.41, 5.74) is 4.36. The fraction of sp³-hybridized carbons (Fsp3) is 0.429. The average Bonchev–Trinajstić information content (AvgIpc) is 2.34. The maximum atomic E-state index is 10.9. The Morgan fingerprint density at radius 2 is 2.38 bits per heavy atom. The Bertz CT molecular complexity index is 323. The smallest absolute Gasteiger partial charge is 0.242 e. The lowest BCUT2D eigenvalue weighted by Gasteiger charge is -2.21. The lowest BCUT2D eigenvalue weighted by atomic mass is 10.1. The molecule has 1 amide bonds. The molecular formula is C7H10ClN3OS. The highest BCUT2D eigenvalue weighted by molar-refractivity contribution is 7.14. The Morgan fingerprint density at radius 3 is 2.77 bits per heavy atom. The lowest BCUT2D eigenvalue weighted by Crippen LogP contribution is -2.44. The number of amides is 1. The predicted molar refractivity (Wildman–Crippen MR) is 54.0 cm³/mol. The zero-order valence-corrected chi connectivity index (χ0v) is 8.87. The first-order chi connectivity index (χ1) is 5.92. The van der Waals surface area contributed by atoms with E-state index in [-0.39, 0.29) is 0 Å². The van der Waals surface area contributed by atoms with E-state index in [9.17, 15) is 4.79 Å². The van der Waals surface area contributed by atoms with Gasteiger partial charge in [-0.15, -0.1) is 11.3 Å². The van der Waals surface area contributed by atoms with Crippen LogP contribution in [0.5, 0.6) is 0 Å². The number of aromatic nitrogens is 1. The van der Waals surface area contributed by atoms with Gasteiger partial charge in [-0.3, -0.25) is 4.79 Å². The number of nitrogens with one attached hydrogen (secondary N) is 1. The highest BCUT2D eigenvalue weighted by atomic mass is 35.5. The monoisotopic (exact) mass is 219 g/mol. The van der Waals surface area contributed by atoms with Gasteiger partial charge in [0.05, 0.1) is 0 Å². The van der Waals surface area contributed by atoms with Crippen LogP contribution < -0.4 is 11.1 Å². The molecule has 0 saturated carbocycles. The molecule has 0 radical (unpaired) electrons. The summed E-state index contributed by atoms with van der Waals surface area (Å²) in [6, 6.07) is 0. The Balaban J connectivity index is 2.74. The molecule has 13 heavy (non-hydrogen) atoms. The molecule has 6 heteroatoms. The molecule has 0 aliphatic rings. The van der Waals surface area contributed by atoms with Crippen molar-refractivity contribution >= 4 is 34.0 Å². The fourth-order valence-electron chi connectivity index (χ4n) is 0.640. The summed E-state index contributed by atoms with van der Waals surface area (Å²) in [6.07, 6.45) is 0. The summed E-state index contributed by atoms with van der Waals surface area (Å²) >= 11 is 6.94. The number of hydrogen-bond acceptors (Lipinski definition) is 4. The Labute approximate surface area is 85.1 Å². The van der Waals surface area contributed by atoms with Crippen molar-refractivity contribution in [3.63, 3.8) is 0 Å². The van der Waals surface area contributed by atoms with Gasteiger partial charge in [0.25, 0.3) is 0 Å². The summed E-state index contributed by atoms with van der Waals surface area (Å²) in [5, 5.41) is 5.57. The number of thiazole rings is 1. The van der Waals surface area contributed by atoms with Gasteiger partial charge in [0.2, 0.25) is 5.91 Å². The van der Waals surface area contributed by atoms with Crippen LogP contribution in [-0.2, 0) is 4.79 Å². The molecule has 0 bridgehead atoms. The predicted octanol–water partition coefficient (Wildman–Crippen LogP) is 1.47. The van der Waals surface area contributed by atoms with E-state index < -0.39 is 11.4 Å². The van der Waals surface area contributed by atoms with Crippen LogP contribution in [0.2, 0.25) is 5.15 Å². The van der Waals surface area contributed by atoms with Crippen molar-refractivity contribution in [1.82, 2.24) is 4.98 Å². The van der Waals surface area contributed by atoms with Crippen LogP contribution in [0.25, 0.3) is 0 Å². The molecule has 0 atom stereocenters. The number of rotatable bonds is 3. The van der Waals surface area contributed by atoms with E-state index in [0.29, 0.717) is 10.3 Å². The van der Waals surface area contributed by atoms with Gasteiger partial charge in [-0.1, -0.05) is 11.6 Å². The van der Waals surface area contributed by atoms with E-state index >= 15 is 0 Å². The molecular weight excluding hydrogens is 210 g/mol. The zero-order chi connectivity index (χ0) is 10.1. The standard InChI is InChI=1S/C7H10ClN3OS/c1-7(2,5(9)12)11-6-10-4(8)3-13-6/h3H,1-2H3,(H2,9,12)(H,10,11).